The van der Waals surface area contributed by atoms with Gasteiger partial charge in [0.15, 0.2) is 10.9 Å². The molecule has 4 nitrogen and oxygen atoms in total. The summed E-state index contributed by atoms with van der Waals surface area (Å²) in [4.78, 5) is 12.3. The average Bonchev–Trinajstić information content (AvgIpc) is 3.07. The smallest absolute Gasteiger partial charge is 0.191 e. The van der Waals surface area contributed by atoms with Gasteiger partial charge in [0.1, 0.15) is 5.82 Å². The van der Waals surface area contributed by atoms with E-state index >= 15 is 0 Å². The maximum absolute atomic E-state index is 12.3. The van der Waals surface area contributed by atoms with Crippen LogP contribution in [0.3, 0.4) is 0 Å². The van der Waals surface area contributed by atoms with E-state index in [2.05, 4.69) is 55.2 Å². The van der Waals surface area contributed by atoms with Crippen LogP contribution in [0.1, 0.15) is 54.0 Å². The summed E-state index contributed by atoms with van der Waals surface area (Å²) in [7, 11) is 1.97. The first-order valence-corrected chi connectivity index (χ1v) is 10.6. The molecule has 0 amide bonds. The summed E-state index contributed by atoms with van der Waals surface area (Å²) < 4.78 is 2.00. The summed E-state index contributed by atoms with van der Waals surface area (Å²) >= 11 is 1.43. The fraction of sp³-hybridized carbons (Fsp3) is 0.348. The molecule has 1 heterocycles. The third-order valence-corrected chi connectivity index (χ3v) is 5.83. The van der Waals surface area contributed by atoms with Gasteiger partial charge in [0.05, 0.1) is 5.75 Å². The van der Waals surface area contributed by atoms with Gasteiger partial charge in [0, 0.05) is 18.5 Å². The Bertz CT molecular complexity index is 917. The van der Waals surface area contributed by atoms with Crippen LogP contribution in [0.2, 0.25) is 0 Å². The minimum absolute atomic E-state index is 0.101. The number of rotatable bonds is 8. The number of benzene rings is 2. The van der Waals surface area contributed by atoms with Gasteiger partial charge in [-0.3, -0.25) is 4.79 Å². The lowest BCUT2D eigenvalue weighted by Crippen LogP contribution is -2.07. The van der Waals surface area contributed by atoms with E-state index in [0.717, 1.165) is 23.0 Å². The lowest BCUT2D eigenvalue weighted by Gasteiger charge is -2.13. The lowest BCUT2D eigenvalue weighted by atomic mass is 9.96. The topological polar surface area (TPSA) is 47.8 Å². The Morgan fingerprint density at radius 2 is 1.68 bits per heavy atom. The van der Waals surface area contributed by atoms with E-state index in [1.54, 1.807) is 0 Å². The highest BCUT2D eigenvalue weighted by Gasteiger charge is 2.18. The summed E-state index contributed by atoms with van der Waals surface area (Å²) in [6, 6.07) is 18.1. The van der Waals surface area contributed by atoms with Crippen LogP contribution in [0.25, 0.3) is 0 Å². The van der Waals surface area contributed by atoms with Crippen molar-refractivity contribution in [2.75, 3.05) is 5.75 Å². The predicted molar refractivity (Wildman–Crippen MR) is 115 cm³/mol. The number of hydrogen-bond donors (Lipinski definition) is 0. The third kappa shape index (κ3) is 4.90. The van der Waals surface area contributed by atoms with Crippen molar-refractivity contribution in [3.8, 4) is 0 Å². The number of carbonyl (C=O) groups excluding carboxylic acids is 1. The van der Waals surface area contributed by atoms with Crippen molar-refractivity contribution in [3.63, 3.8) is 0 Å². The van der Waals surface area contributed by atoms with Crippen LogP contribution in [0.15, 0.2) is 59.8 Å². The molecule has 0 N–H and O–H groups in total. The van der Waals surface area contributed by atoms with E-state index in [-0.39, 0.29) is 11.7 Å². The molecule has 5 heteroatoms. The molecular formula is C23H27N3OS. The molecule has 0 aliphatic rings. The molecule has 3 rings (SSSR count). The molecule has 0 aliphatic carbocycles. The van der Waals surface area contributed by atoms with Gasteiger partial charge in [-0.05, 0) is 23.5 Å². The Hall–Kier alpha value is -2.40. The van der Waals surface area contributed by atoms with Gasteiger partial charge in [-0.15, -0.1) is 10.2 Å². The Kier molecular flexibility index (Phi) is 6.68. The minimum atomic E-state index is 0.101. The molecule has 146 valence electrons. The molecule has 0 fully saturated rings. The number of aromatic nitrogens is 3. The summed E-state index contributed by atoms with van der Waals surface area (Å²) in [5.41, 5.74) is 3.31. The molecule has 1 unspecified atom stereocenters. The van der Waals surface area contributed by atoms with Gasteiger partial charge >= 0.3 is 0 Å². The number of nitrogens with zero attached hydrogens (tertiary/aromatic N) is 3. The minimum Gasteiger partial charge on any atom is -0.309 e. The highest BCUT2D eigenvalue weighted by molar-refractivity contribution is 7.99. The van der Waals surface area contributed by atoms with Crippen molar-refractivity contribution in [2.45, 2.75) is 38.3 Å². The first kappa shape index (κ1) is 20.3. The van der Waals surface area contributed by atoms with Gasteiger partial charge in [-0.25, -0.2) is 0 Å². The molecule has 0 spiro atoms. The molecule has 0 radical (unpaired) electrons. The Morgan fingerprint density at radius 1 is 1.00 bits per heavy atom. The van der Waals surface area contributed by atoms with Gasteiger partial charge in [-0.2, -0.15) is 0 Å². The van der Waals surface area contributed by atoms with Gasteiger partial charge in [0.25, 0.3) is 0 Å². The SMILES string of the molecule is CC(C)Cc1ccc(C(C)c2nnc(SCC(=O)c3ccccc3)n2C)cc1. The number of hydrogen-bond acceptors (Lipinski definition) is 4. The predicted octanol–water partition coefficient (Wildman–Crippen LogP) is 5.14. The second kappa shape index (κ2) is 9.20. The fourth-order valence-corrected chi connectivity index (χ4v) is 4.04. The zero-order valence-electron chi connectivity index (χ0n) is 16.9. The van der Waals surface area contributed by atoms with Crippen molar-refractivity contribution in [2.24, 2.45) is 13.0 Å². The fourth-order valence-electron chi connectivity index (χ4n) is 3.23. The van der Waals surface area contributed by atoms with Crippen molar-refractivity contribution >= 4 is 17.5 Å². The second-order valence-electron chi connectivity index (χ2n) is 7.54. The summed E-state index contributed by atoms with van der Waals surface area (Å²) in [5.74, 6) is 2.16. The van der Waals surface area contributed by atoms with E-state index in [1.807, 2.05) is 41.9 Å². The molecule has 0 saturated heterocycles. The normalized spacial score (nSPS) is 12.3. The van der Waals surface area contributed by atoms with Crippen LogP contribution in [-0.2, 0) is 13.5 Å². The largest absolute Gasteiger partial charge is 0.309 e. The quantitative estimate of drug-likeness (QED) is 0.393. The van der Waals surface area contributed by atoms with E-state index in [0.29, 0.717) is 11.7 Å². The molecule has 28 heavy (non-hydrogen) atoms. The van der Waals surface area contributed by atoms with E-state index in [1.165, 1.54) is 22.9 Å². The monoisotopic (exact) mass is 393 g/mol. The van der Waals surface area contributed by atoms with E-state index < -0.39 is 0 Å². The number of carbonyl (C=O) groups is 1. The number of ketones is 1. The first-order valence-electron chi connectivity index (χ1n) is 9.65. The van der Waals surface area contributed by atoms with Crippen LogP contribution in [0.4, 0.5) is 0 Å². The Labute approximate surface area is 171 Å². The summed E-state index contributed by atoms with van der Waals surface area (Å²) in [6.07, 6.45) is 1.09. The van der Waals surface area contributed by atoms with Crippen LogP contribution in [0.5, 0.6) is 0 Å². The summed E-state index contributed by atoms with van der Waals surface area (Å²) in [5, 5.41) is 9.47. The number of thioether (sulfide) groups is 1. The zero-order chi connectivity index (χ0) is 20.1. The maximum Gasteiger partial charge on any atom is 0.191 e. The summed E-state index contributed by atoms with van der Waals surface area (Å²) in [6.45, 7) is 6.61. The van der Waals surface area contributed by atoms with Crippen LogP contribution in [0, 0.1) is 5.92 Å². The average molecular weight is 394 g/mol. The van der Waals surface area contributed by atoms with Crippen molar-refractivity contribution in [1.29, 1.82) is 0 Å². The Morgan fingerprint density at radius 3 is 2.32 bits per heavy atom. The first-order chi connectivity index (χ1) is 13.5. The Balaban J connectivity index is 1.67. The van der Waals surface area contributed by atoms with Crippen LogP contribution < -0.4 is 0 Å². The molecule has 0 aliphatic heterocycles. The van der Waals surface area contributed by atoms with E-state index in [9.17, 15) is 4.79 Å². The third-order valence-electron chi connectivity index (χ3n) is 4.81. The standard InChI is InChI=1S/C23H27N3OS/c1-16(2)14-18-10-12-19(13-11-18)17(3)22-24-25-23(26(22)4)28-15-21(27)20-8-6-5-7-9-20/h5-13,16-17H,14-15H2,1-4H3. The lowest BCUT2D eigenvalue weighted by molar-refractivity contribution is 0.102. The molecular weight excluding hydrogens is 366 g/mol. The van der Waals surface area contributed by atoms with Crippen molar-refractivity contribution in [1.82, 2.24) is 14.8 Å². The van der Waals surface area contributed by atoms with Gasteiger partial charge < -0.3 is 4.57 Å². The van der Waals surface area contributed by atoms with Crippen LogP contribution >= 0.6 is 11.8 Å². The highest BCUT2D eigenvalue weighted by Crippen LogP contribution is 2.26. The molecule has 1 aromatic heterocycles. The van der Waals surface area contributed by atoms with Gasteiger partial charge in [0.2, 0.25) is 0 Å². The number of Topliss-reactive ketones (excluding diaryl/α,β-unsaturated/α-hetero) is 1. The molecule has 2 aromatic carbocycles. The van der Waals surface area contributed by atoms with E-state index in [4.69, 9.17) is 0 Å². The molecule has 1 atom stereocenters. The van der Waals surface area contributed by atoms with Gasteiger partial charge in [-0.1, -0.05) is 87.1 Å². The highest BCUT2D eigenvalue weighted by atomic mass is 32.2. The zero-order valence-corrected chi connectivity index (χ0v) is 17.7. The maximum atomic E-state index is 12.3. The van der Waals surface area contributed by atoms with Crippen molar-refractivity contribution in [3.05, 3.63) is 77.1 Å². The molecule has 0 bridgehead atoms. The van der Waals surface area contributed by atoms with Crippen molar-refractivity contribution < 1.29 is 4.79 Å². The molecule has 3 aromatic rings. The molecule has 0 saturated carbocycles. The second-order valence-corrected chi connectivity index (χ2v) is 8.48. The van der Waals surface area contributed by atoms with Crippen LogP contribution in [-0.4, -0.2) is 26.3 Å².